The van der Waals surface area contributed by atoms with Gasteiger partial charge in [-0.15, -0.1) is 0 Å². The minimum absolute atomic E-state index is 0.212. The Hall–Kier alpha value is -2.32. The first kappa shape index (κ1) is 17.1. The summed E-state index contributed by atoms with van der Waals surface area (Å²) < 4.78 is 13.6. The molecule has 4 rings (SSSR count). The molecule has 3 aromatic rings. The molecule has 1 aromatic carbocycles. The van der Waals surface area contributed by atoms with Crippen molar-refractivity contribution >= 4 is 27.5 Å². The lowest BCUT2D eigenvalue weighted by Crippen LogP contribution is -2.26. The van der Waals surface area contributed by atoms with Crippen LogP contribution in [0.4, 0.5) is 5.82 Å². The van der Waals surface area contributed by atoms with Crippen LogP contribution >= 0.6 is 15.9 Å². The van der Waals surface area contributed by atoms with Crippen LogP contribution in [0.15, 0.2) is 35.1 Å². The van der Waals surface area contributed by atoms with E-state index >= 15 is 0 Å². The number of rotatable bonds is 4. The van der Waals surface area contributed by atoms with E-state index in [1.165, 1.54) is 0 Å². The predicted octanol–water partition coefficient (Wildman–Crippen LogP) is 2.71. The molecule has 1 aliphatic rings. The van der Waals surface area contributed by atoms with Crippen molar-refractivity contribution in [2.45, 2.75) is 12.5 Å². The zero-order valence-corrected chi connectivity index (χ0v) is 16.2. The van der Waals surface area contributed by atoms with E-state index in [0.29, 0.717) is 17.3 Å². The van der Waals surface area contributed by atoms with Crippen molar-refractivity contribution in [2.24, 2.45) is 5.73 Å². The summed E-state index contributed by atoms with van der Waals surface area (Å²) in [5.74, 6) is 2.96. The average Bonchev–Trinajstić information content (AvgIpc) is 3.26. The minimum atomic E-state index is 0.212. The van der Waals surface area contributed by atoms with Gasteiger partial charge in [-0.1, -0.05) is 0 Å². The first-order valence-corrected chi connectivity index (χ1v) is 9.16. The van der Waals surface area contributed by atoms with E-state index < -0.39 is 0 Å². The maximum atomic E-state index is 6.01. The average molecular weight is 418 g/mol. The van der Waals surface area contributed by atoms with Crippen molar-refractivity contribution in [2.75, 3.05) is 32.2 Å². The molecule has 1 unspecified atom stereocenters. The van der Waals surface area contributed by atoms with Crippen molar-refractivity contribution in [3.05, 3.63) is 35.1 Å². The Morgan fingerprint density at radius 1 is 1.19 bits per heavy atom. The Balaban J connectivity index is 1.75. The van der Waals surface area contributed by atoms with E-state index in [1.807, 2.05) is 35.0 Å². The molecule has 0 bridgehead atoms. The van der Waals surface area contributed by atoms with Gasteiger partial charge >= 0.3 is 0 Å². The van der Waals surface area contributed by atoms with Crippen LogP contribution in [0.25, 0.3) is 17.0 Å². The van der Waals surface area contributed by atoms with Crippen LogP contribution in [0.3, 0.4) is 0 Å². The van der Waals surface area contributed by atoms with Crippen LogP contribution in [-0.4, -0.2) is 47.7 Å². The maximum absolute atomic E-state index is 6.01. The zero-order chi connectivity index (χ0) is 18.3. The van der Waals surface area contributed by atoms with E-state index in [2.05, 4.69) is 20.8 Å². The molecular formula is C18H20BrN5O2. The fourth-order valence-corrected chi connectivity index (χ4v) is 3.73. The van der Waals surface area contributed by atoms with E-state index in [4.69, 9.17) is 25.2 Å². The highest BCUT2D eigenvalue weighted by molar-refractivity contribution is 9.10. The number of methoxy groups -OCH3 is 2. The van der Waals surface area contributed by atoms with Gasteiger partial charge in [0.2, 0.25) is 5.78 Å². The Labute approximate surface area is 159 Å². The first-order chi connectivity index (χ1) is 12.6. The van der Waals surface area contributed by atoms with Crippen LogP contribution in [0.1, 0.15) is 6.42 Å². The number of anilines is 1. The molecule has 2 N–H and O–H groups in total. The van der Waals surface area contributed by atoms with Crippen molar-refractivity contribution in [3.63, 3.8) is 0 Å². The van der Waals surface area contributed by atoms with Gasteiger partial charge in [0.25, 0.3) is 0 Å². The molecular weight excluding hydrogens is 398 g/mol. The molecule has 8 heteroatoms. The summed E-state index contributed by atoms with van der Waals surface area (Å²) in [6.07, 6.45) is 4.91. The smallest absolute Gasteiger partial charge is 0.236 e. The molecule has 2 aromatic heterocycles. The highest BCUT2D eigenvalue weighted by atomic mass is 79.9. The molecule has 0 saturated carbocycles. The van der Waals surface area contributed by atoms with E-state index in [-0.39, 0.29) is 6.04 Å². The lowest BCUT2D eigenvalue weighted by molar-refractivity contribution is 0.393. The number of fused-ring (bicyclic) bond motifs is 1. The number of aromatic nitrogens is 3. The molecule has 0 aliphatic carbocycles. The summed E-state index contributed by atoms with van der Waals surface area (Å²) in [5, 5.41) is 0. The van der Waals surface area contributed by atoms with Gasteiger partial charge in [-0.2, -0.15) is 4.98 Å². The highest BCUT2D eigenvalue weighted by Gasteiger charge is 2.21. The van der Waals surface area contributed by atoms with Gasteiger partial charge in [0.1, 0.15) is 17.3 Å². The summed E-state index contributed by atoms with van der Waals surface area (Å²) in [6, 6.07) is 6.00. The van der Waals surface area contributed by atoms with Gasteiger partial charge in [-0.05, 0) is 34.5 Å². The second kappa shape index (κ2) is 6.77. The molecule has 7 nitrogen and oxygen atoms in total. The molecule has 136 valence electrons. The fraction of sp³-hybridized carbons (Fsp3) is 0.333. The Morgan fingerprint density at radius 2 is 2.00 bits per heavy atom. The molecule has 0 amide bonds. The summed E-state index contributed by atoms with van der Waals surface area (Å²) in [6.45, 7) is 1.76. The molecule has 1 aliphatic heterocycles. The molecule has 0 spiro atoms. The van der Waals surface area contributed by atoms with Gasteiger partial charge < -0.3 is 20.1 Å². The summed E-state index contributed by atoms with van der Waals surface area (Å²) in [5.41, 5.74) is 7.66. The maximum Gasteiger partial charge on any atom is 0.236 e. The van der Waals surface area contributed by atoms with Gasteiger partial charge in [0.15, 0.2) is 0 Å². The lowest BCUT2D eigenvalue weighted by Gasteiger charge is -2.16. The molecule has 1 atom stereocenters. The number of nitrogens with zero attached hydrogens (tertiary/aromatic N) is 4. The SMILES string of the molecule is COc1cc(OC)c(-c2cn3ccc(N4CCC(N)C4)nc3n2)cc1Br. The summed E-state index contributed by atoms with van der Waals surface area (Å²) in [7, 11) is 3.26. The molecule has 0 radical (unpaired) electrons. The van der Waals surface area contributed by atoms with E-state index in [9.17, 15) is 0 Å². The largest absolute Gasteiger partial charge is 0.496 e. The van der Waals surface area contributed by atoms with Gasteiger partial charge in [0, 0.05) is 43.2 Å². The topological polar surface area (TPSA) is 77.9 Å². The zero-order valence-electron chi connectivity index (χ0n) is 14.6. The first-order valence-electron chi connectivity index (χ1n) is 8.37. The monoisotopic (exact) mass is 417 g/mol. The van der Waals surface area contributed by atoms with Crippen molar-refractivity contribution in [3.8, 4) is 22.8 Å². The number of nitrogens with two attached hydrogens (primary N) is 1. The quantitative estimate of drug-likeness (QED) is 0.702. The number of ether oxygens (including phenoxy) is 2. The van der Waals surface area contributed by atoms with Gasteiger partial charge in [0.05, 0.1) is 24.4 Å². The second-order valence-electron chi connectivity index (χ2n) is 6.30. The third kappa shape index (κ3) is 2.99. The van der Waals surface area contributed by atoms with E-state index in [1.54, 1.807) is 14.2 Å². The number of hydrogen-bond donors (Lipinski definition) is 1. The highest BCUT2D eigenvalue weighted by Crippen LogP contribution is 2.38. The number of imidazole rings is 1. The normalized spacial score (nSPS) is 17.1. The number of halogens is 1. The number of hydrogen-bond acceptors (Lipinski definition) is 6. The third-order valence-corrected chi connectivity index (χ3v) is 5.23. The van der Waals surface area contributed by atoms with Crippen molar-refractivity contribution in [1.29, 1.82) is 0 Å². The molecule has 3 heterocycles. The van der Waals surface area contributed by atoms with Crippen LogP contribution in [0, 0.1) is 0 Å². The molecule has 1 fully saturated rings. The standard InChI is InChI=1S/C18H20BrN5O2/c1-25-15-8-16(26-2)13(19)7-12(15)14-10-24-6-4-17(22-18(24)21-14)23-5-3-11(20)9-23/h4,6-8,10-11H,3,5,9,20H2,1-2H3. The van der Waals surface area contributed by atoms with Crippen LogP contribution < -0.4 is 20.1 Å². The van der Waals surface area contributed by atoms with Gasteiger partial charge in [-0.3, -0.25) is 4.40 Å². The van der Waals surface area contributed by atoms with Crippen LogP contribution in [0.2, 0.25) is 0 Å². The molecule has 1 saturated heterocycles. The van der Waals surface area contributed by atoms with Crippen LogP contribution in [0.5, 0.6) is 11.5 Å². The number of benzene rings is 1. The Morgan fingerprint density at radius 3 is 2.69 bits per heavy atom. The summed E-state index contributed by atoms with van der Waals surface area (Å²) in [4.78, 5) is 11.6. The lowest BCUT2D eigenvalue weighted by atomic mass is 10.1. The third-order valence-electron chi connectivity index (χ3n) is 4.61. The molecule has 26 heavy (non-hydrogen) atoms. The van der Waals surface area contributed by atoms with Gasteiger partial charge in [-0.25, -0.2) is 4.98 Å². The Bertz CT molecular complexity index is 958. The van der Waals surface area contributed by atoms with Crippen molar-refractivity contribution in [1.82, 2.24) is 14.4 Å². The summed E-state index contributed by atoms with van der Waals surface area (Å²) >= 11 is 3.52. The Kier molecular flexibility index (Phi) is 4.46. The van der Waals surface area contributed by atoms with E-state index in [0.717, 1.165) is 41.1 Å². The predicted molar refractivity (Wildman–Crippen MR) is 104 cm³/mol. The van der Waals surface area contributed by atoms with Crippen molar-refractivity contribution < 1.29 is 9.47 Å². The second-order valence-corrected chi connectivity index (χ2v) is 7.16. The minimum Gasteiger partial charge on any atom is -0.496 e. The fourth-order valence-electron chi connectivity index (χ4n) is 3.22. The van der Waals surface area contributed by atoms with Crippen LogP contribution in [-0.2, 0) is 0 Å².